The van der Waals surface area contributed by atoms with Gasteiger partial charge in [0.2, 0.25) is 0 Å². The summed E-state index contributed by atoms with van der Waals surface area (Å²) in [5, 5.41) is 6.67. The fraction of sp³-hybridized carbons (Fsp3) is 0.235. The van der Waals surface area contributed by atoms with E-state index in [9.17, 15) is 9.59 Å². The Morgan fingerprint density at radius 3 is 2.73 bits per heavy atom. The van der Waals surface area contributed by atoms with E-state index in [0.717, 1.165) is 11.4 Å². The van der Waals surface area contributed by atoms with Gasteiger partial charge in [0.15, 0.2) is 6.61 Å². The highest BCUT2D eigenvalue weighted by Gasteiger charge is 2.18. The minimum absolute atomic E-state index is 0.156. The van der Waals surface area contributed by atoms with E-state index in [1.165, 1.54) is 11.6 Å². The number of amides is 1. The van der Waals surface area contributed by atoms with Crippen LogP contribution < -0.4 is 10.1 Å². The number of hydrogen-bond acceptors (Lipinski definition) is 7. The maximum atomic E-state index is 12.1. The van der Waals surface area contributed by atoms with Crippen LogP contribution >= 0.6 is 0 Å². The topological polar surface area (TPSA) is 108 Å². The molecule has 0 saturated carbocycles. The second kappa shape index (κ2) is 7.18. The third-order valence-corrected chi connectivity index (χ3v) is 3.52. The Labute approximate surface area is 149 Å². The lowest BCUT2D eigenvalue weighted by Crippen LogP contribution is -2.21. The minimum atomic E-state index is -0.803. The molecule has 26 heavy (non-hydrogen) atoms. The monoisotopic (exact) mass is 355 g/mol. The van der Waals surface area contributed by atoms with Gasteiger partial charge < -0.3 is 14.8 Å². The minimum Gasteiger partial charge on any atom is -0.495 e. The van der Waals surface area contributed by atoms with Crippen molar-refractivity contribution in [3.63, 3.8) is 0 Å². The van der Waals surface area contributed by atoms with E-state index in [4.69, 9.17) is 9.47 Å². The summed E-state index contributed by atoms with van der Waals surface area (Å²) in [7, 11) is 1.50. The van der Waals surface area contributed by atoms with Crippen LogP contribution in [-0.4, -0.2) is 45.2 Å². The van der Waals surface area contributed by atoms with E-state index >= 15 is 0 Å². The van der Waals surface area contributed by atoms with Gasteiger partial charge in [-0.3, -0.25) is 4.79 Å². The summed E-state index contributed by atoms with van der Waals surface area (Å²) < 4.78 is 11.6. The van der Waals surface area contributed by atoms with Crippen LogP contribution in [0.2, 0.25) is 0 Å². The molecule has 2 heterocycles. The molecule has 0 spiro atoms. The number of para-hydroxylation sites is 2. The van der Waals surface area contributed by atoms with Gasteiger partial charge in [-0.1, -0.05) is 12.1 Å². The van der Waals surface area contributed by atoms with Crippen molar-refractivity contribution in [3.8, 4) is 5.75 Å². The second-order valence-electron chi connectivity index (χ2n) is 5.51. The van der Waals surface area contributed by atoms with Crippen LogP contribution in [-0.2, 0) is 9.53 Å². The molecule has 1 aromatic carbocycles. The molecule has 2 aromatic heterocycles. The average Bonchev–Trinajstić information content (AvgIpc) is 3.04. The number of carbonyl (C=O) groups excluding carboxylic acids is 2. The molecule has 3 aromatic rings. The van der Waals surface area contributed by atoms with Crippen LogP contribution in [0.1, 0.15) is 22.0 Å². The van der Waals surface area contributed by atoms with Gasteiger partial charge in [0.1, 0.15) is 5.75 Å². The molecule has 0 bridgehead atoms. The Morgan fingerprint density at radius 1 is 1.19 bits per heavy atom. The summed E-state index contributed by atoms with van der Waals surface area (Å²) in [5.74, 6) is -0.658. The third-order valence-electron chi connectivity index (χ3n) is 3.52. The smallest absolute Gasteiger partial charge is 0.378 e. The van der Waals surface area contributed by atoms with E-state index in [1.54, 1.807) is 24.3 Å². The number of esters is 1. The Morgan fingerprint density at radius 2 is 1.96 bits per heavy atom. The molecule has 0 radical (unpaired) electrons. The van der Waals surface area contributed by atoms with Crippen LogP contribution in [0, 0.1) is 13.8 Å². The Bertz CT molecular complexity index is 982. The first-order valence-corrected chi connectivity index (χ1v) is 7.79. The number of fused-ring (bicyclic) bond motifs is 1. The van der Waals surface area contributed by atoms with E-state index in [-0.39, 0.29) is 5.82 Å². The fourth-order valence-electron chi connectivity index (χ4n) is 2.38. The van der Waals surface area contributed by atoms with Crippen molar-refractivity contribution in [1.82, 2.24) is 19.6 Å². The van der Waals surface area contributed by atoms with Crippen molar-refractivity contribution >= 4 is 23.3 Å². The van der Waals surface area contributed by atoms with E-state index < -0.39 is 18.5 Å². The maximum Gasteiger partial charge on any atom is 0.378 e. The van der Waals surface area contributed by atoms with Crippen LogP contribution in [0.15, 0.2) is 30.3 Å². The largest absolute Gasteiger partial charge is 0.495 e. The molecule has 1 N–H and O–H groups in total. The summed E-state index contributed by atoms with van der Waals surface area (Å²) in [6.45, 7) is 3.17. The van der Waals surface area contributed by atoms with Crippen molar-refractivity contribution in [2.24, 2.45) is 0 Å². The van der Waals surface area contributed by atoms with Gasteiger partial charge in [-0.15, -0.1) is 5.10 Å². The second-order valence-corrected chi connectivity index (χ2v) is 5.51. The molecule has 0 unspecified atom stereocenters. The van der Waals surface area contributed by atoms with Gasteiger partial charge in [-0.2, -0.15) is 4.98 Å². The van der Waals surface area contributed by atoms with Gasteiger partial charge in [0, 0.05) is 11.4 Å². The summed E-state index contributed by atoms with van der Waals surface area (Å²) in [6.07, 6.45) is 0. The number of carbonyl (C=O) groups is 2. The molecule has 0 atom stereocenters. The molecule has 0 saturated heterocycles. The zero-order valence-electron chi connectivity index (χ0n) is 14.5. The molecule has 9 heteroatoms. The quantitative estimate of drug-likeness (QED) is 0.692. The highest BCUT2D eigenvalue weighted by Crippen LogP contribution is 2.22. The normalized spacial score (nSPS) is 10.6. The Kier molecular flexibility index (Phi) is 4.78. The Hall–Kier alpha value is -3.49. The van der Waals surface area contributed by atoms with Gasteiger partial charge in [-0.25, -0.2) is 14.3 Å². The van der Waals surface area contributed by atoms with Gasteiger partial charge in [0.05, 0.1) is 12.8 Å². The van der Waals surface area contributed by atoms with Crippen LogP contribution in [0.4, 0.5) is 5.69 Å². The van der Waals surface area contributed by atoms with Crippen molar-refractivity contribution in [2.45, 2.75) is 13.8 Å². The van der Waals surface area contributed by atoms with E-state index in [2.05, 4.69) is 20.4 Å². The molecule has 3 rings (SSSR count). The highest BCUT2D eigenvalue weighted by atomic mass is 16.5. The zero-order chi connectivity index (χ0) is 18.7. The lowest BCUT2D eigenvalue weighted by Gasteiger charge is -2.09. The summed E-state index contributed by atoms with van der Waals surface area (Å²) in [4.78, 5) is 32.3. The molecule has 9 nitrogen and oxygen atoms in total. The molecule has 0 aliphatic carbocycles. The summed E-state index contributed by atoms with van der Waals surface area (Å²) in [5.41, 5.74) is 2.03. The number of aryl methyl sites for hydroxylation is 2. The number of hydrogen-bond donors (Lipinski definition) is 1. The molecule has 134 valence electrons. The number of rotatable bonds is 5. The predicted molar refractivity (Wildman–Crippen MR) is 92.2 cm³/mol. The van der Waals surface area contributed by atoms with Crippen molar-refractivity contribution in [3.05, 3.63) is 47.5 Å². The molecule has 1 amide bonds. The fourth-order valence-corrected chi connectivity index (χ4v) is 2.38. The first kappa shape index (κ1) is 17.3. The van der Waals surface area contributed by atoms with Crippen molar-refractivity contribution in [1.29, 1.82) is 0 Å². The molecular weight excluding hydrogens is 338 g/mol. The number of nitrogens with zero attached hydrogens (tertiary/aromatic N) is 4. The first-order chi connectivity index (χ1) is 12.5. The molecular formula is C17H17N5O4. The summed E-state index contributed by atoms with van der Waals surface area (Å²) in [6, 6.07) is 8.74. The third kappa shape index (κ3) is 3.61. The number of aromatic nitrogens is 4. The number of methoxy groups -OCH3 is 1. The standard InChI is InChI=1S/C17H17N5O4/c1-10-8-11(2)22-17(18-10)20-15(21-22)16(24)26-9-14(23)19-12-6-4-5-7-13(12)25-3/h4-8H,9H2,1-3H3,(H,19,23). The highest BCUT2D eigenvalue weighted by molar-refractivity contribution is 5.95. The number of nitrogens with one attached hydrogen (secondary N) is 1. The predicted octanol–water partition coefficient (Wildman–Crippen LogP) is 1.55. The zero-order valence-corrected chi connectivity index (χ0v) is 14.5. The van der Waals surface area contributed by atoms with Crippen LogP contribution in [0.5, 0.6) is 5.75 Å². The van der Waals surface area contributed by atoms with Crippen molar-refractivity contribution in [2.75, 3.05) is 19.0 Å². The van der Waals surface area contributed by atoms with Crippen LogP contribution in [0.3, 0.4) is 0 Å². The molecule has 0 aliphatic heterocycles. The van der Waals surface area contributed by atoms with Gasteiger partial charge in [0.25, 0.3) is 17.5 Å². The van der Waals surface area contributed by atoms with Crippen molar-refractivity contribution < 1.29 is 19.1 Å². The maximum absolute atomic E-state index is 12.1. The SMILES string of the molecule is COc1ccccc1NC(=O)COC(=O)c1nc2nc(C)cc(C)n2n1. The van der Waals surface area contributed by atoms with Gasteiger partial charge in [-0.05, 0) is 32.0 Å². The Balaban J connectivity index is 1.65. The van der Waals surface area contributed by atoms with Gasteiger partial charge >= 0.3 is 5.97 Å². The molecule has 0 aliphatic rings. The summed E-state index contributed by atoms with van der Waals surface area (Å²) >= 11 is 0. The lowest BCUT2D eigenvalue weighted by molar-refractivity contribution is -0.119. The molecule has 0 fully saturated rings. The lowest BCUT2D eigenvalue weighted by atomic mass is 10.3. The number of anilines is 1. The van der Waals surface area contributed by atoms with Crippen LogP contribution in [0.25, 0.3) is 5.78 Å². The number of ether oxygens (including phenoxy) is 2. The first-order valence-electron chi connectivity index (χ1n) is 7.79. The van der Waals surface area contributed by atoms with E-state index in [0.29, 0.717) is 17.2 Å². The number of benzene rings is 1. The van der Waals surface area contributed by atoms with E-state index in [1.807, 2.05) is 19.9 Å². The average molecular weight is 355 g/mol.